The van der Waals surface area contributed by atoms with E-state index in [9.17, 15) is 0 Å². The van der Waals surface area contributed by atoms with E-state index in [4.69, 9.17) is 0 Å². The third kappa shape index (κ3) is 3.00. The maximum Gasteiger partial charge on any atom is 0.0489 e. The maximum atomic E-state index is 2.45. The van der Waals surface area contributed by atoms with Crippen LogP contribution in [0.5, 0.6) is 0 Å². The molecule has 2 heteroatoms. The van der Waals surface area contributed by atoms with E-state index in [1.807, 2.05) is 11.8 Å². The molecule has 1 aliphatic heterocycles. The average Bonchev–Trinajstić information content (AvgIpc) is 3.10. The first kappa shape index (κ1) is 19.0. The topological polar surface area (TPSA) is 4.93 Å². The number of aromatic nitrogens is 1. The van der Waals surface area contributed by atoms with Crippen LogP contribution in [0, 0.1) is 0 Å². The highest BCUT2D eigenvalue weighted by molar-refractivity contribution is 7.99. The molecule has 0 N–H and O–H groups in total. The van der Waals surface area contributed by atoms with E-state index in [-0.39, 0.29) is 0 Å². The van der Waals surface area contributed by atoms with Crippen molar-refractivity contribution in [2.45, 2.75) is 47.8 Å². The Hall–Kier alpha value is -2.71. The molecule has 0 saturated carbocycles. The Morgan fingerprint density at radius 1 is 0.903 bits per heavy atom. The van der Waals surface area contributed by atoms with Crippen LogP contribution in [0.4, 0.5) is 0 Å². The summed E-state index contributed by atoms with van der Waals surface area (Å²) in [5.74, 6) is 0.889. The van der Waals surface area contributed by atoms with Crippen molar-refractivity contribution < 1.29 is 0 Å². The molecule has 3 aromatic carbocycles. The number of benzene rings is 3. The predicted molar refractivity (Wildman–Crippen MR) is 132 cm³/mol. The fraction of sp³-hybridized carbons (Fsp3) is 0.241. The van der Waals surface area contributed by atoms with Gasteiger partial charge in [0.2, 0.25) is 0 Å². The Labute approximate surface area is 188 Å². The maximum absolute atomic E-state index is 2.45. The molecule has 4 aromatic rings. The van der Waals surface area contributed by atoms with E-state index in [1.54, 1.807) is 0 Å². The van der Waals surface area contributed by atoms with Gasteiger partial charge >= 0.3 is 0 Å². The van der Waals surface area contributed by atoms with Crippen LogP contribution in [0.1, 0.15) is 53.1 Å². The van der Waals surface area contributed by atoms with E-state index in [0.717, 1.165) is 19.3 Å². The number of allylic oxidation sites excluding steroid dienone is 1. The Balaban J connectivity index is 1.66. The van der Waals surface area contributed by atoms with E-state index in [0.29, 0.717) is 11.8 Å². The minimum atomic E-state index is 0.434. The summed E-state index contributed by atoms with van der Waals surface area (Å²) < 4.78 is 2.44. The normalized spacial score (nSPS) is 19.9. The highest BCUT2D eigenvalue weighted by Crippen LogP contribution is 2.49. The van der Waals surface area contributed by atoms with Gasteiger partial charge in [-0.2, -0.15) is 0 Å². The number of nitrogens with zero attached hydrogens (tertiary/aromatic N) is 1. The molecule has 154 valence electrons. The van der Waals surface area contributed by atoms with Crippen molar-refractivity contribution in [3.05, 3.63) is 101 Å². The van der Waals surface area contributed by atoms with E-state index >= 15 is 0 Å². The standard InChI is InChI=1S/C29H27NS/c1-19-23(20-10-4-3-5-11-20)18-21-12-6-9-15-26(21)31-27-17-16-25-29(28(19)27)22-13-7-8-14-24(22)30(25)2/h3-7,9-13,15-17,19,23H,8,14,18H2,1-2H3. The molecule has 2 aliphatic rings. The van der Waals surface area contributed by atoms with E-state index in [1.165, 1.54) is 48.6 Å². The first-order valence-electron chi connectivity index (χ1n) is 11.3. The van der Waals surface area contributed by atoms with Gasteiger partial charge in [0.05, 0.1) is 0 Å². The number of rotatable bonds is 1. The van der Waals surface area contributed by atoms with Crippen LogP contribution >= 0.6 is 11.8 Å². The van der Waals surface area contributed by atoms with Gasteiger partial charge in [0.15, 0.2) is 0 Å². The minimum absolute atomic E-state index is 0.434. The van der Waals surface area contributed by atoms with Crippen molar-refractivity contribution in [2.75, 3.05) is 0 Å². The summed E-state index contributed by atoms with van der Waals surface area (Å²) in [6.07, 6.45) is 8.09. The molecule has 0 amide bonds. The van der Waals surface area contributed by atoms with Crippen molar-refractivity contribution in [1.82, 2.24) is 4.57 Å². The molecule has 0 fully saturated rings. The average molecular weight is 422 g/mol. The fourth-order valence-corrected chi connectivity index (χ4v) is 6.88. The molecule has 1 nitrogen and oxygen atoms in total. The number of fused-ring (bicyclic) bond motifs is 6. The minimum Gasteiger partial charge on any atom is -0.347 e. The lowest BCUT2D eigenvalue weighted by Crippen LogP contribution is -2.15. The molecule has 0 radical (unpaired) electrons. The summed E-state index contributed by atoms with van der Waals surface area (Å²) in [5, 5.41) is 1.48. The highest BCUT2D eigenvalue weighted by Gasteiger charge is 2.31. The van der Waals surface area contributed by atoms with Crippen LogP contribution in [0.2, 0.25) is 0 Å². The monoisotopic (exact) mass is 421 g/mol. The van der Waals surface area contributed by atoms with Gasteiger partial charge < -0.3 is 4.57 Å². The van der Waals surface area contributed by atoms with Crippen LogP contribution in [-0.4, -0.2) is 4.57 Å². The zero-order chi connectivity index (χ0) is 20.9. The zero-order valence-electron chi connectivity index (χ0n) is 18.1. The van der Waals surface area contributed by atoms with Gasteiger partial charge in [0, 0.05) is 39.0 Å². The SMILES string of the molecule is CC1c2c(ccc3c2c2c(n3C)CCC=C2)Sc2ccccc2CC1c1ccccc1. The van der Waals surface area contributed by atoms with Gasteiger partial charge in [-0.1, -0.05) is 79.4 Å². The number of hydrogen-bond acceptors (Lipinski definition) is 1. The molecular weight excluding hydrogens is 394 g/mol. The lowest BCUT2D eigenvalue weighted by molar-refractivity contribution is 0.563. The van der Waals surface area contributed by atoms with Crippen molar-refractivity contribution in [1.29, 1.82) is 0 Å². The molecule has 0 bridgehead atoms. The van der Waals surface area contributed by atoms with Crippen molar-refractivity contribution in [2.24, 2.45) is 7.05 Å². The van der Waals surface area contributed by atoms with Crippen LogP contribution in [0.15, 0.2) is 82.6 Å². The van der Waals surface area contributed by atoms with Crippen LogP contribution in [-0.2, 0) is 19.9 Å². The van der Waals surface area contributed by atoms with Gasteiger partial charge in [-0.3, -0.25) is 0 Å². The van der Waals surface area contributed by atoms with Crippen LogP contribution in [0.3, 0.4) is 0 Å². The second-order valence-corrected chi connectivity index (χ2v) is 10.0. The molecule has 6 rings (SSSR count). The second kappa shape index (κ2) is 7.46. The lowest BCUT2D eigenvalue weighted by atomic mass is 9.77. The third-order valence-corrected chi connectivity index (χ3v) is 8.48. The smallest absolute Gasteiger partial charge is 0.0489 e. The van der Waals surface area contributed by atoms with Crippen molar-refractivity contribution in [3.63, 3.8) is 0 Å². The van der Waals surface area contributed by atoms with Crippen molar-refractivity contribution >= 4 is 28.7 Å². The largest absolute Gasteiger partial charge is 0.347 e. The molecular formula is C29H27NS. The Kier molecular flexibility index (Phi) is 4.57. The summed E-state index contributed by atoms with van der Waals surface area (Å²) in [6.45, 7) is 2.45. The molecule has 31 heavy (non-hydrogen) atoms. The van der Waals surface area contributed by atoms with Gasteiger partial charge in [-0.05, 0) is 66.0 Å². The van der Waals surface area contributed by atoms with Crippen LogP contribution in [0.25, 0.3) is 17.0 Å². The summed E-state index contributed by atoms with van der Waals surface area (Å²) >= 11 is 1.96. The second-order valence-electron chi connectivity index (χ2n) is 8.95. The zero-order valence-corrected chi connectivity index (χ0v) is 19.0. The van der Waals surface area contributed by atoms with E-state index in [2.05, 4.69) is 97.4 Å². The summed E-state index contributed by atoms with van der Waals surface area (Å²) in [7, 11) is 2.25. The highest BCUT2D eigenvalue weighted by atomic mass is 32.2. The molecule has 1 aliphatic carbocycles. The van der Waals surface area contributed by atoms with Gasteiger partial charge in [0.1, 0.15) is 0 Å². The summed E-state index contributed by atoms with van der Waals surface area (Å²) in [4.78, 5) is 2.82. The molecule has 0 spiro atoms. The Morgan fingerprint density at radius 2 is 1.71 bits per heavy atom. The predicted octanol–water partition coefficient (Wildman–Crippen LogP) is 7.73. The number of hydrogen-bond donors (Lipinski definition) is 0. The summed E-state index contributed by atoms with van der Waals surface area (Å²) in [6, 6.07) is 24.9. The third-order valence-electron chi connectivity index (χ3n) is 7.28. The van der Waals surface area contributed by atoms with Gasteiger partial charge in [0.25, 0.3) is 0 Å². The van der Waals surface area contributed by atoms with Crippen LogP contribution < -0.4 is 0 Å². The first-order chi connectivity index (χ1) is 15.2. The fourth-order valence-electron chi connectivity index (χ4n) is 5.68. The Morgan fingerprint density at radius 3 is 2.58 bits per heavy atom. The summed E-state index contributed by atoms with van der Waals surface area (Å²) in [5.41, 5.74) is 8.77. The van der Waals surface area contributed by atoms with Gasteiger partial charge in [-0.15, -0.1) is 0 Å². The number of aryl methyl sites for hydroxylation is 1. The first-order valence-corrected chi connectivity index (χ1v) is 12.2. The molecule has 0 saturated heterocycles. The Bertz CT molecular complexity index is 1310. The van der Waals surface area contributed by atoms with Crippen molar-refractivity contribution in [3.8, 4) is 0 Å². The molecule has 2 unspecified atom stereocenters. The molecule has 2 atom stereocenters. The van der Waals surface area contributed by atoms with Gasteiger partial charge in [-0.25, -0.2) is 0 Å². The van der Waals surface area contributed by atoms with E-state index < -0.39 is 0 Å². The quantitative estimate of drug-likeness (QED) is 0.304. The molecule has 1 aromatic heterocycles. The lowest BCUT2D eigenvalue weighted by Gasteiger charge is -2.31. The molecule has 2 heterocycles.